The van der Waals surface area contributed by atoms with E-state index in [0.29, 0.717) is 17.8 Å². The predicted molar refractivity (Wildman–Crippen MR) is 94.3 cm³/mol. The number of benzene rings is 1. The molecule has 0 aliphatic carbocycles. The maximum absolute atomic E-state index is 12.2. The molecule has 6 nitrogen and oxygen atoms in total. The number of anilines is 1. The van der Waals surface area contributed by atoms with Crippen LogP contribution in [0, 0.1) is 6.92 Å². The van der Waals surface area contributed by atoms with Crippen LogP contribution in [0.4, 0.5) is 14.7 Å². The molecular formula is C18H17F2N5O. The van der Waals surface area contributed by atoms with Crippen molar-refractivity contribution < 1.29 is 8.78 Å². The summed E-state index contributed by atoms with van der Waals surface area (Å²) in [7, 11) is 0. The van der Waals surface area contributed by atoms with Crippen LogP contribution in [0.3, 0.4) is 0 Å². The third-order valence-corrected chi connectivity index (χ3v) is 3.68. The van der Waals surface area contributed by atoms with Crippen molar-refractivity contribution in [3.63, 3.8) is 0 Å². The molecule has 26 heavy (non-hydrogen) atoms. The summed E-state index contributed by atoms with van der Waals surface area (Å²) >= 11 is 0. The zero-order chi connectivity index (χ0) is 18.5. The average molecular weight is 357 g/mol. The van der Waals surface area contributed by atoms with Crippen LogP contribution in [0.25, 0.3) is 11.3 Å². The topological polar surface area (TPSA) is 72.7 Å². The molecule has 0 saturated heterocycles. The van der Waals surface area contributed by atoms with Crippen molar-refractivity contribution in [2.45, 2.75) is 19.9 Å². The average Bonchev–Trinajstić information content (AvgIpc) is 2.64. The zero-order valence-corrected chi connectivity index (χ0v) is 14.1. The fourth-order valence-electron chi connectivity index (χ4n) is 2.30. The Morgan fingerprint density at radius 2 is 1.77 bits per heavy atom. The number of aryl methyl sites for hydroxylation is 1. The molecule has 0 amide bonds. The molecule has 3 aromatic rings. The smallest absolute Gasteiger partial charge is 0.267 e. The summed E-state index contributed by atoms with van der Waals surface area (Å²) in [5, 5.41) is 6.78. The van der Waals surface area contributed by atoms with Crippen molar-refractivity contribution in [3.8, 4) is 11.3 Å². The first-order chi connectivity index (χ1) is 12.5. The zero-order valence-electron chi connectivity index (χ0n) is 14.1. The lowest BCUT2D eigenvalue weighted by Crippen LogP contribution is -2.22. The lowest BCUT2D eigenvalue weighted by molar-refractivity contribution is 0.163. The lowest BCUT2D eigenvalue weighted by atomic mass is 10.1. The Hall–Kier alpha value is -3.16. The Bertz CT molecular complexity index is 924. The van der Waals surface area contributed by atoms with E-state index in [2.05, 4.69) is 20.4 Å². The predicted octanol–water partition coefficient (Wildman–Crippen LogP) is 2.73. The molecule has 2 heterocycles. The maximum atomic E-state index is 12.2. The van der Waals surface area contributed by atoms with Gasteiger partial charge >= 0.3 is 0 Å². The standard InChI is InChI=1S/C18H17F2N5O/c1-12-2-4-13(5-3-12)11-25-17(26)7-6-15(24-25)14-8-21-18(22-9-14)23-10-16(19)20/h2-9,16H,10-11H2,1H3,(H,21,22,23). The molecule has 0 bridgehead atoms. The van der Waals surface area contributed by atoms with Crippen LogP contribution >= 0.6 is 0 Å². The van der Waals surface area contributed by atoms with Crippen LogP contribution in [0.15, 0.2) is 53.6 Å². The van der Waals surface area contributed by atoms with Crippen molar-refractivity contribution >= 4 is 5.95 Å². The van der Waals surface area contributed by atoms with Gasteiger partial charge in [-0.15, -0.1) is 0 Å². The van der Waals surface area contributed by atoms with Crippen LogP contribution in [-0.4, -0.2) is 32.7 Å². The fourth-order valence-corrected chi connectivity index (χ4v) is 2.30. The molecule has 0 fully saturated rings. The summed E-state index contributed by atoms with van der Waals surface area (Å²) in [6, 6.07) is 10.9. The highest BCUT2D eigenvalue weighted by Gasteiger charge is 2.07. The van der Waals surface area contributed by atoms with Crippen molar-refractivity contribution in [1.82, 2.24) is 19.7 Å². The molecule has 0 atom stereocenters. The summed E-state index contributed by atoms with van der Waals surface area (Å²) in [6.45, 7) is 1.83. The van der Waals surface area contributed by atoms with Crippen LogP contribution < -0.4 is 10.9 Å². The molecule has 1 N–H and O–H groups in total. The third kappa shape index (κ3) is 4.47. The van der Waals surface area contributed by atoms with Gasteiger partial charge in [0.15, 0.2) is 0 Å². The van der Waals surface area contributed by atoms with Gasteiger partial charge in [-0.25, -0.2) is 23.4 Å². The van der Waals surface area contributed by atoms with Crippen molar-refractivity contribution in [2.24, 2.45) is 0 Å². The number of halogens is 2. The van der Waals surface area contributed by atoms with Gasteiger partial charge in [0.25, 0.3) is 12.0 Å². The Labute approximate surface area is 148 Å². The van der Waals surface area contributed by atoms with Gasteiger partial charge in [-0.1, -0.05) is 29.8 Å². The van der Waals surface area contributed by atoms with Gasteiger partial charge in [0, 0.05) is 24.0 Å². The molecule has 134 valence electrons. The van der Waals surface area contributed by atoms with Gasteiger partial charge in [-0.2, -0.15) is 5.10 Å². The van der Waals surface area contributed by atoms with E-state index in [1.165, 1.54) is 23.1 Å². The molecule has 0 saturated carbocycles. The van der Waals surface area contributed by atoms with Crippen LogP contribution in [0.1, 0.15) is 11.1 Å². The van der Waals surface area contributed by atoms with E-state index >= 15 is 0 Å². The molecule has 0 aliphatic rings. The first-order valence-corrected chi connectivity index (χ1v) is 7.99. The van der Waals surface area contributed by atoms with Crippen molar-refractivity contribution in [1.29, 1.82) is 0 Å². The van der Waals surface area contributed by atoms with Crippen LogP contribution in [0.5, 0.6) is 0 Å². The summed E-state index contributed by atoms with van der Waals surface area (Å²) in [6.07, 6.45) is 0.471. The highest BCUT2D eigenvalue weighted by atomic mass is 19.3. The number of aromatic nitrogens is 4. The minimum atomic E-state index is -2.48. The van der Waals surface area contributed by atoms with Gasteiger partial charge in [0.2, 0.25) is 5.95 Å². The SMILES string of the molecule is Cc1ccc(Cn2nc(-c3cnc(NCC(F)F)nc3)ccc2=O)cc1. The van der Waals surface area contributed by atoms with E-state index in [4.69, 9.17) is 0 Å². The van der Waals surface area contributed by atoms with E-state index in [0.717, 1.165) is 11.1 Å². The normalized spacial score (nSPS) is 10.9. The molecular weight excluding hydrogens is 340 g/mol. The van der Waals surface area contributed by atoms with E-state index in [1.807, 2.05) is 31.2 Å². The minimum absolute atomic E-state index is 0.113. The van der Waals surface area contributed by atoms with E-state index < -0.39 is 13.0 Å². The number of rotatable bonds is 6. The number of nitrogens with zero attached hydrogens (tertiary/aromatic N) is 4. The summed E-state index contributed by atoms with van der Waals surface area (Å²) in [5.74, 6) is 0.113. The van der Waals surface area contributed by atoms with Crippen molar-refractivity contribution in [2.75, 3.05) is 11.9 Å². The molecule has 2 aromatic heterocycles. The first-order valence-electron chi connectivity index (χ1n) is 7.99. The lowest BCUT2D eigenvalue weighted by Gasteiger charge is -2.08. The van der Waals surface area contributed by atoms with Gasteiger partial charge in [0.05, 0.1) is 18.8 Å². The highest BCUT2D eigenvalue weighted by Crippen LogP contribution is 2.14. The number of hydrogen-bond acceptors (Lipinski definition) is 5. The van der Waals surface area contributed by atoms with E-state index in [1.54, 1.807) is 6.07 Å². The minimum Gasteiger partial charge on any atom is -0.348 e. The second-order valence-electron chi connectivity index (χ2n) is 5.77. The quantitative estimate of drug-likeness (QED) is 0.734. The Morgan fingerprint density at radius 1 is 1.08 bits per heavy atom. The summed E-state index contributed by atoms with van der Waals surface area (Å²) < 4.78 is 25.7. The number of nitrogens with one attached hydrogen (secondary N) is 1. The van der Waals surface area contributed by atoms with E-state index in [-0.39, 0.29) is 11.5 Å². The third-order valence-electron chi connectivity index (χ3n) is 3.68. The molecule has 8 heteroatoms. The van der Waals surface area contributed by atoms with Gasteiger partial charge in [0.1, 0.15) is 0 Å². The highest BCUT2D eigenvalue weighted by molar-refractivity contribution is 5.56. The molecule has 0 unspecified atom stereocenters. The van der Waals surface area contributed by atoms with Gasteiger partial charge in [-0.3, -0.25) is 4.79 Å². The summed E-state index contributed by atoms with van der Waals surface area (Å²) in [5.41, 5.74) is 3.00. The second-order valence-corrected chi connectivity index (χ2v) is 5.77. The largest absolute Gasteiger partial charge is 0.348 e. The number of hydrogen-bond donors (Lipinski definition) is 1. The fraction of sp³-hybridized carbons (Fsp3) is 0.222. The Kier molecular flexibility index (Phi) is 5.31. The van der Waals surface area contributed by atoms with Gasteiger partial charge < -0.3 is 5.32 Å². The van der Waals surface area contributed by atoms with Gasteiger partial charge in [-0.05, 0) is 18.6 Å². The molecule has 0 aliphatic heterocycles. The summed E-state index contributed by atoms with van der Waals surface area (Å²) in [4.78, 5) is 20.0. The van der Waals surface area contributed by atoms with E-state index in [9.17, 15) is 13.6 Å². The van der Waals surface area contributed by atoms with Crippen LogP contribution in [0.2, 0.25) is 0 Å². The molecule has 3 rings (SSSR count). The van der Waals surface area contributed by atoms with Crippen LogP contribution in [-0.2, 0) is 6.54 Å². The Balaban J connectivity index is 1.80. The maximum Gasteiger partial charge on any atom is 0.267 e. The molecule has 0 spiro atoms. The number of alkyl halides is 2. The first kappa shape index (κ1) is 17.7. The Morgan fingerprint density at radius 3 is 2.42 bits per heavy atom. The monoisotopic (exact) mass is 357 g/mol. The van der Waals surface area contributed by atoms with Crippen molar-refractivity contribution in [3.05, 3.63) is 70.3 Å². The molecule has 1 aromatic carbocycles. The molecule has 0 radical (unpaired) electrons. The second kappa shape index (κ2) is 7.81.